The molecule has 0 aliphatic heterocycles. The maximum atomic E-state index is 13.1. The van der Waals surface area contributed by atoms with E-state index in [1.54, 1.807) is 20.8 Å². The summed E-state index contributed by atoms with van der Waals surface area (Å²) < 4.78 is 44.1. The summed E-state index contributed by atoms with van der Waals surface area (Å²) in [6.45, 7) is 5.15. The maximum Gasteiger partial charge on any atom is 0.416 e. The number of hydrogen-bond donors (Lipinski definition) is 2. The van der Waals surface area contributed by atoms with Crippen LogP contribution < -0.4 is 10.5 Å². The average Bonchev–Trinajstić information content (AvgIpc) is 2.34. The molecule has 2 atom stereocenters. The molecular weight excluding hydrogens is 307 g/mol. The molecule has 7 heteroatoms. The first kappa shape index (κ1) is 20.0. The van der Waals surface area contributed by atoms with E-state index in [9.17, 15) is 18.3 Å². The highest BCUT2D eigenvalue weighted by Gasteiger charge is 2.38. The molecule has 0 spiro atoms. The van der Waals surface area contributed by atoms with Gasteiger partial charge in [0.15, 0.2) is 0 Å². The number of rotatable bonds is 3. The van der Waals surface area contributed by atoms with Crippen LogP contribution in [-0.4, -0.2) is 18.3 Å². The number of halogens is 4. The number of aliphatic hydroxyl groups excluding tert-OH is 1. The molecule has 0 bridgehead atoms. The molecule has 0 aliphatic rings. The van der Waals surface area contributed by atoms with Crippen molar-refractivity contribution in [2.24, 2.45) is 11.1 Å². The minimum Gasteiger partial charge on any atom is -0.497 e. The van der Waals surface area contributed by atoms with Gasteiger partial charge in [0.25, 0.3) is 0 Å². The van der Waals surface area contributed by atoms with Crippen LogP contribution in [-0.2, 0) is 6.18 Å². The standard InChI is InChI=1S/C14H20F3NO2.ClH/c1-13(2,3)12(19)11(18)9-6-5-8(20-4)7-10(9)14(15,16)17;/h5-7,11-12,19H,18H2,1-4H3;1H/t11-,12-;/m1./s1. The Morgan fingerprint density at radius 1 is 1.19 bits per heavy atom. The van der Waals surface area contributed by atoms with Gasteiger partial charge >= 0.3 is 6.18 Å². The SMILES string of the molecule is COc1ccc([C@@H](N)[C@@H](O)C(C)(C)C)c(C(F)(F)F)c1.Cl. The van der Waals surface area contributed by atoms with E-state index in [1.807, 2.05) is 0 Å². The molecule has 3 nitrogen and oxygen atoms in total. The number of ether oxygens (including phenoxy) is 1. The van der Waals surface area contributed by atoms with Gasteiger partial charge in [-0.3, -0.25) is 0 Å². The Bertz CT molecular complexity index is 472. The van der Waals surface area contributed by atoms with Gasteiger partial charge in [0, 0.05) is 0 Å². The number of nitrogens with two attached hydrogens (primary N) is 1. The molecule has 3 N–H and O–H groups in total. The second kappa shape index (κ2) is 6.85. The summed E-state index contributed by atoms with van der Waals surface area (Å²) in [5.74, 6) is 0.0959. The number of alkyl halides is 3. The summed E-state index contributed by atoms with van der Waals surface area (Å²) in [5, 5.41) is 10.1. The molecule has 0 saturated heterocycles. The topological polar surface area (TPSA) is 55.5 Å². The molecule has 1 rings (SSSR count). The van der Waals surface area contributed by atoms with Crippen LogP contribution in [0, 0.1) is 5.41 Å². The smallest absolute Gasteiger partial charge is 0.416 e. The molecule has 21 heavy (non-hydrogen) atoms. The summed E-state index contributed by atoms with van der Waals surface area (Å²) in [6, 6.07) is 2.42. The van der Waals surface area contributed by atoms with E-state index in [1.165, 1.54) is 19.2 Å². The van der Waals surface area contributed by atoms with E-state index >= 15 is 0 Å². The fourth-order valence-corrected chi connectivity index (χ4v) is 1.91. The van der Waals surface area contributed by atoms with Crippen molar-refractivity contribution in [1.82, 2.24) is 0 Å². The highest BCUT2D eigenvalue weighted by Crippen LogP contribution is 2.39. The van der Waals surface area contributed by atoms with Crippen LogP contribution in [0.25, 0.3) is 0 Å². The van der Waals surface area contributed by atoms with Crippen molar-refractivity contribution >= 4 is 12.4 Å². The van der Waals surface area contributed by atoms with Gasteiger partial charge < -0.3 is 15.6 Å². The zero-order valence-electron chi connectivity index (χ0n) is 12.4. The molecule has 122 valence electrons. The lowest BCUT2D eigenvalue weighted by Gasteiger charge is -2.32. The van der Waals surface area contributed by atoms with Crippen LogP contribution in [0.5, 0.6) is 5.75 Å². The van der Waals surface area contributed by atoms with Crippen molar-refractivity contribution in [2.45, 2.75) is 39.1 Å². The summed E-state index contributed by atoms with van der Waals surface area (Å²) in [6.07, 6.45) is -5.66. The highest BCUT2D eigenvalue weighted by atomic mass is 35.5. The minimum absolute atomic E-state index is 0. The van der Waals surface area contributed by atoms with Crippen LogP contribution in [0.1, 0.15) is 37.9 Å². The average molecular weight is 328 g/mol. The van der Waals surface area contributed by atoms with Crippen molar-refractivity contribution in [3.63, 3.8) is 0 Å². The van der Waals surface area contributed by atoms with E-state index in [4.69, 9.17) is 10.5 Å². The van der Waals surface area contributed by atoms with Crippen LogP contribution in [0.15, 0.2) is 18.2 Å². The third-order valence-corrected chi connectivity index (χ3v) is 3.15. The highest BCUT2D eigenvalue weighted by molar-refractivity contribution is 5.85. The Labute approximate surface area is 128 Å². The third kappa shape index (κ3) is 4.76. The third-order valence-electron chi connectivity index (χ3n) is 3.15. The van der Waals surface area contributed by atoms with Gasteiger partial charge in [0.1, 0.15) is 5.75 Å². The summed E-state index contributed by atoms with van der Waals surface area (Å²) >= 11 is 0. The Kier molecular flexibility index (Phi) is 6.53. The molecular formula is C14H21ClF3NO2. The van der Waals surface area contributed by atoms with Crippen LogP contribution in [0.4, 0.5) is 13.2 Å². The lowest BCUT2D eigenvalue weighted by Crippen LogP contribution is -2.38. The first-order valence-electron chi connectivity index (χ1n) is 6.17. The molecule has 0 radical (unpaired) electrons. The fraction of sp³-hybridized carbons (Fsp3) is 0.571. The lowest BCUT2D eigenvalue weighted by molar-refractivity contribution is -0.138. The minimum atomic E-state index is -4.56. The largest absolute Gasteiger partial charge is 0.497 e. The summed E-state index contributed by atoms with van der Waals surface area (Å²) in [5.41, 5.74) is 4.18. The molecule has 1 aromatic rings. The first-order valence-corrected chi connectivity index (χ1v) is 6.17. The Morgan fingerprint density at radius 3 is 2.10 bits per heavy atom. The molecule has 0 fully saturated rings. The predicted molar refractivity (Wildman–Crippen MR) is 77.6 cm³/mol. The molecule has 0 aliphatic carbocycles. The lowest BCUT2D eigenvalue weighted by atomic mass is 9.81. The monoisotopic (exact) mass is 327 g/mol. The van der Waals surface area contributed by atoms with Crippen LogP contribution >= 0.6 is 12.4 Å². The van der Waals surface area contributed by atoms with Crippen molar-refractivity contribution in [1.29, 1.82) is 0 Å². The number of methoxy groups -OCH3 is 1. The Morgan fingerprint density at radius 2 is 1.71 bits per heavy atom. The van der Waals surface area contributed by atoms with Gasteiger partial charge in [-0.15, -0.1) is 12.4 Å². The van der Waals surface area contributed by atoms with E-state index in [0.29, 0.717) is 0 Å². The maximum absolute atomic E-state index is 13.1. The van der Waals surface area contributed by atoms with Gasteiger partial charge in [-0.1, -0.05) is 26.8 Å². The molecule has 0 saturated carbocycles. The van der Waals surface area contributed by atoms with E-state index < -0.39 is 29.3 Å². The predicted octanol–water partition coefficient (Wildman–Crippen LogP) is 3.54. The van der Waals surface area contributed by atoms with Gasteiger partial charge in [-0.05, 0) is 23.1 Å². The van der Waals surface area contributed by atoms with Crippen molar-refractivity contribution in [2.75, 3.05) is 7.11 Å². The zero-order chi connectivity index (χ0) is 15.7. The fourth-order valence-electron chi connectivity index (χ4n) is 1.91. The van der Waals surface area contributed by atoms with Gasteiger partial charge in [-0.25, -0.2) is 0 Å². The van der Waals surface area contributed by atoms with Crippen molar-refractivity contribution < 1.29 is 23.0 Å². The molecule has 0 unspecified atom stereocenters. The van der Waals surface area contributed by atoms with E-state index in [-0.39, 0.29) is 23.7 Å². The Hall–Kier alpha value is -0.980. The summed E-state index contributed by atoms with van der Waals surface area (Å²) in [4.78, 5) is 0. The van der Waals surface area contributed by atoms with Crippen molar-refractivity contribution in [3.05, 3.63) is 29.3 Å². The second-order valence-corrected chi connectivity index (χ2v) is 5.79. The number of hydrogen-bond acceptors (Lipinski definition) is 3. The van der Waals surface area contributed by atoms with Crippen LogP contribution in [0.2, 0.25) is 0 Å². The quantitative estimate of drug-likeness (QED) is 0.892. The molecule has 0 amide bonds. The molecule has 0 heterocycles. The van der Waals surface area contributed by atoms with Gasteiger partial charge in [-0.2, -0.15) is 13.2 Å². The van der Waals surface area contributed by atoms with Crippen LogP contribution in [0.3, 0.4) is 0 Å². The molecule has 1 aromatic carbocycles. The zero-order valence-corrected chi connectivity index (χ0v) is 13.2. The van der Waals surface area contributed by atoms with E-state index in [0.717, 1.165) is 6.07 Å². The second-order valence-electron chi connectivity index (χ2n) is 5.79. The van der Waals surface area contributed by atoms with Gasteiger partial charge in [0.05, 0.1) is 24.8 Å². The first-order chi connectivity index (χ1) is 8.98. The van der Waals surface area contributed by atoms with E-state index in [2.05, 4.69) is 0 Å². The summed E-state index contributed by atoms with van der Waals surface area (Å²) in [7, 11) is 1.29. The van der Waals surface area contributed by atoms with Crippen molar-refractivity contribution in [3.8, 4) is 5.75 Å². The molecule has 0 aromatic heterocycles. The normalized spacial score (nSPS) is 15.1. The van der Waals surface area contributed by atoms with Gasteiger partial charge in [0.2, 0.25) is 0 Å². The number of aliphatic hydroxyl groups is 1. The number of benzene rings is 1. The Balaban J connectivity index is 0.00000400.